The lowest BCUT2D eigenvalue weighted by molar-refractivity contribution is -0.157. The lowest BCUT2D eigenvalue weighted by atomic mass is 9.91. The smallest absolute Gasteiger partial charge is 0.330 e. The van der Waals surface area contributed by atoms with Crippen molar-refractivity contribution in [2.24, 2.45) is 5.41 Å². The number of rotatable bonds is 5. The number of ether oxygens (including phenoxy) is 1. The van der Waals surface area contributed by atoms with Crippen molar-refractivity contribution in [1.29, 1.82) is 0 Å². The highest BCUT2D eigenvalue weighted by molar-refractivity contribution is 7.99. The molecule has 0 saturated carbocycles. The fourth-order valence-electron chi connectivity index (χ4n) is 2.88. The van der Waals surface area contributed by atoms with Crippen LogP contribution < -0.4 is 0 Å². The zero-order valence-corrected chi connectivity index (χ0v) is 18.5. The maximum absolute atomic E-state index is 13.4. The molecule has 1 saturated heterocycles. The van der Waals surface area contributed by atoms with Crippen LogP contribution in [0.15, 0.2) is 24.3 Å². The molecule has 1 aliphatic rings. The minimum Gasteiger partial charge on any atom is -0.454 e. The predicted molar refractivity (Wildman–Crippen MR) is 112 cm³/mol. The summed E-state index contributed by atoms with van der Waals surface area (Å²) in [5.41, 5.74) is 0.477. The first kappa shape index (κ1) is 21.7. The van der Waals surface area contributed by atoms with Crippen molar-refractivity contribution in [3.63, 3.8) is 0 Å². The second-order valence-electron chi connectivity index (χ2n) is 8.15. The molecule has 3 rings (SSSR count). The van der Waals surface area contributed by atoms with Crippen molar-refractivity contribution in [3.05, 3.63) is 35.1 Å². The molecule has 29 heavy (non-hydrogen) atoms. The van der Waals surface area contributed by atoms with Gasteiger partial charge in [0.25, 0.3) is 0 Å². The Morgan fingerprint density at radius 3 is 2.79 bits per heavy atom. The summed E-state index contributed by atoms with van der Waals surface area (Å²) in [6, 6.07) is 5.51. The number of halogens is 1. The number of thioether (sulfide) groups is 1. The zero-order valence-electron chi connectivity index (χ0n) is 16.8. The van der Waals surface area contributed by atoms with Crippen molar-refractivity contribution in [2.75, 3.05) is 11.6 Å². The third-order valence-corrected chi connectivity index (χ3v) is 6.45. The van der Waals surface area contributed by atoms with Gasteiger partial charge < -0.3 is 9.64 Å². The van der Waals surface area contributed by atoms with Gasteiger partial charge in [-0.3, -0.25) is 4.79 Å². The van der Waals surface area contributed by atoms with E-state index in [1.807, 2.05) is 20.8 Å². The van der Waals surface area contributed by atoms with Crippen LogP contribution in [0.3, 0.4) is 0 Å². The van der Waals surface area contributed by atoms with Crippen molar-refractivity contribution in [1.82, 2.24) is 15.1 Å². The van der Waals surface area contributed by atoms with E-state index >= 15 is 0 Å². The average Bonchev–Trinajstić information content (AvgIpc) is 3.30. The molecule has 0 aliphatic carbocycles. The molecule has 0 radical (unpaired) electrons. The molecule has 1 fully saturated rings. The van der Waals surface area contributed by atoms with Crippen molar-refractivity contribution in [2.45, 2.75) is 46.3 Å². The van der Waals surface area contributed by atoms with E-state index in [-0.39, 0.29) is 17.1 Å². The van der Waals surface area contributed by atoms with E-state index in [0.717, 1.165) is 0 Å². The molecule has 9 heteroatoms. The number of nitrogens with zero attached hydrogens (tertiary/aromatic N) is 3. The molecule has 1 amide bonds. The highest BCUT2D eigenvalue weighted by Crippen LogP contribution is 2.31. The summed E-state index contributed by atoms with van der Waals surface area (Å²) < 4.78 is 19.0. The first-order chi connectivity index (χ1) is 13.6. The summed E-state index contributed by atoms with van der Waals surface area (Å²) in [7, 11) is 0. The average molecular weight is 438 g/mol. The molecule has 1 aliphatic heterocycles. The van der Waals surface area contributed by atoms with E-state index in [2.05, 4.69) is 10.2 Å². The van der Waals surface area contributed by atoms with Gasteiger partial charge in [0.15, 0.2) is 11.1 Å². The van der Waals surface area contributed by atoms with Crippen LogP contribution in [0, 0.1) is 11.2 Å². The highest BCUT2D eigenvalue weighted by atomic mass is 32.2. The summed E-state index contributed by atoms with van der Waals surface area (Å²) in [6.07, 6.45) is -0.229. The van der Waals surface area contributed by atoms with Crippen LogP contribution in [0.5, 0.6) is 0 Å². The summed E-state index contributed by atoms with van der Waals surface area (Å²) in [6.45, 7) is 7.71. The second kappa shape index (κ2) is 8.79. The molecule has 0 N–H and O–H groups in total. The van der Waals surface area contributed by atoms with Gasteiger partial charge in [-0.05, 0) is 24.5 Å². The Bertz CT molecular complexity index is 897. The highest BCUT2D eigenvalue weighted by Gasteiger charge is 2.37. The van der Waals surface area contributed by atoms with E-state index in [0.29, 0.717) is 33.6 Å². The van der Waals surface area contributed by atoms with E-state index < -0.39 is 18.1 Å². The number of hydrogen-bond donors (Lipinski definition) is 0. The zero-order chi connectivity index (χ0) is 21.2. The van der Waals surface area contributed by atoms with Crippen molar-refractivity contribution >= 4 is 35.0 Å². The van der Waals surface area contributed by atoms with Crippen LogP contribution in [0.25, 0.3) is 10.6 Å². The molecular formula is C20H24FN3O3S2. The molecule has 1 aromatic carbocycles. The number of aromatic nitrogens is 2. The van der Waals surface area contributed by atoms with Crippen LogP contribution in [0.4, 0.5) is 4.39 Å². The predicted octanol–water partition coefficient (Wildman–Crippen LogP) is 4.29. The van der Waals surface area contributed by atoms with Gasteiger partial charge in [-0.25, -0.2) is 9.18 Å². The molecule has 1 aromatic heterocycles. The summed E-state index contributed by atoms with van der Waals surface area (Å²) in [5.74, 6) is 0.184. The van der Waals surface area contributed by atoms with Crippen molar-refractivity contribution < 1.29 is 18.7 Å². The first-order valence-corrected chi connectivity index (χ1v) is 11.3. The third kappa shape index (κ3) is 5.54. The third-order valence-electron chi connectivity index (χ3n) is 4.31. The Morgan fingerprint density at radius 1 is 1.34 bits per heavy atom. The van der Waals surface area contributed by atoms with Crippen LogP contribution >= 0.6 is 23.1 Å². The monoisotopic (exact) mass is 437 g/mol. The van der Waals surface area contributed by atoms with E-state index in [4.69, 9.17) is 4.74 Å². The Morgan fingerprint density at radius 2 is 2.10 bits per heavy atom. The molecule has 156 valence electrons. The Kier molecular flexibility index (Phi) is 6.58. The molecule has 0 spiro atoms. The number of esters is 1. The molecule has 2 aromatic rings. The second-order valence-corrected chi connectivity index (χ2v) is 10.2. The van der Waals surface area contributed by atoms with Crippen molar-refractivity contribution in [3.8, 4) is 10.6 Å². The van der Waals surface area contributed by atoms with Crippen LogP contribution in [-0.2, 0) is 14.3 Å². The van der Waals surface area contributed by atoms with Gasteiger partial charge in [0.1, 0.15) is 16.9 Å². The topological polar surface area (TPSA) is 72.4 Å². The minimum absolute atomic E-state index is 0.0404. The van der Waals surface area contributed by atoms with E-state index in [1.54, 1.807) is 35.7 Å². The molecular weight excluding hydrogens is 413 g/mol. The molecule has 2 unspecified atom stereocenters. The molecule has 6 nitrogen and oxygen atoms in total. The molecule has 0 bridgehead atoms. The Balaban J connectivity index is 1.65. The van der Waals surface area contributed by atoms with Gasteiger partial charge in [-0.15, -0.1) is 22.0 Å². The number of amides is 1. The Hall–Kier alpha value is -2.00. The fourth-order valence-corrected chi connectivity index (χ4v) is 4.86. The first-order valence-electron chi connectivity index (χ1n) is 9.31. The van der Waals surface area contributed by atoms with Gasteiger partial charge >= 0.3 is 5.97 Å². The van der Waals surface area contributed by atoms with Crippen LogP contribution in [-0.4, -0.2) is 44.6 Å². The molecule has 2 atom stereocenters. The normalized spacial score (nSPS) is 18.0. The van der Waals surface area contributed by atoms with E-state index in [1.165, 1.54) is 23.5 Å². The largest absolute Gasteiger partial charge is 0.454 e. The number of carbonyl (C=O) groups excluding carboxylic acids is 2. The lowest BCUT2D eigenvalue weighted by Gasteiger charge is -2.27. The maximum atomic E-state index is 13.4. The van der Waals surface area contributed by atoms with Crippen LogP contribution in [0.2, 0.25) is 0 Å². The van der Waals surface area contributed by atoms with Gasteiger partial charge in [0.05, 0.1) is 5.88 Å². The fraction of sp³-hybridized carbons (Fsp3) is 0.500. The number of carbonyl (C=O) groups is 2. The van der Waals surface area contributed by atoms with Gasteiger partial charge in [-0.1, -0.05) is 44.2 Å². The standard InChI is InChI=1S/C20H24FN3O3S2/c1-12(17-22-23-18(29-17)13-6-5-7-14(21)8-13)27-19(26)15-10-28-11-24(15)16(25)9-20(2,3)4/h5-8,12,15H,9-11H2,1-4H3. The van der Waals surface area contributed by atoms with Crippen LogP contribution in [0.1, 0.15) is 45.2 Å². The maximum Gasteiger partial charge on any atom is 0.330 e. The van der Waals surface area contributed by atoms with E-state index in [9.17, 15) is 14.0 Å². The Labute approximate surface area is 177 Å². The summed E-state index contributed by atoms with van der Waals surface area (Å²) in [4.78, 5) is 26.9. The number of hydrogen-bond acceptors (Lipinski definition) is 7. The van der Waals surface area contributed by atoms with Gasteiger partial charge in [-0.2, -0.15) is 0 Å². The molecule has 2 heterocycles. The summed E-state index contributed by atoms with van der Waals surface area (Å²) in [5, 5.41) is 9.25. The summed E-state index contributed by atoms with van der Waals surface area (Å²) >= 11 is 2.79. The quantitative estimate of drug-likeness (QED) is 0.650. The SMILES string of the molecule is CC(OC(=O)C1CSCN1C(=O)CC(C)(C)C)c1nnc(-c2cccc(F)c2)s1. The minimum atomic E-state index is -0.604. The lowest BCUT2D eigenvalue weighted by Crippen LogP contribution is -2.44. The van der Waals surface area contributed by atoms with Gasteiger partial charge in [0.2, 0.25) is 5.91 Å². The van der Waals surface area contributed by atoms with Gasteiger partial charge in [0, 0.05) is 17.7 Å². The number of benzene rings is 1.